The summed E-state index contributed by atoms with van der Waals surface area (Å²) >= 11 is 12.0. The summed E-state index contributed by atoms with van der Waals surface area (Å²) in [6, 6.07) is 4.64. The van der Waals surface area contributed by atoms with Crippen LogP contribution in [0, 0.1) is 0 Å². The lowest BCUT2D eigenvalue weighted by Crippen LogP contribution is -2.39. The van der Waals surface area contributed by atoms with Crippen LogP contribution in [0.5, 0.6) is 0 Å². The van der Waals surface area contributed by atoms with Gasteiger partial charge in [-0.15, -0.1) is 10.2 Å². The molecule has 0 aliphatic carbocycles. The van der Waals surface area contributed by atoms with E-state index in [9.17, 15) is 9.90 Å². The molecule has 1 atom stereocenters. The molecule has 7 heteroatoms. The Morgan fingerprint density at radius 1 is 1.35 bits per heavy atom. The molecule has 0 fully saturated rings. The average molecular weight is 314 g/mol. The van der Waals surface area contributed by atoms with Crippen LogP contribution in [0.4, 0.5) is 0 Å². The molecule has 0 radical (unpaired) electrons. The van der Waals surface area contributed by atoms with E-state index in [4.69, 9.17) is 23.2 Å². The van der Waals surface area contributed by atoms with E-state index in [1.54, 1.807) is 12.1 Å². The maximum absolute atomic E-state index is 12.5. The molecule has 1 aromatic carbocycles. The molecule has 2 rings (SSSR count). The van der Waals surface area contributed by atoms with Crippen molar-refractivity contribution in [3.63, 3.8) is 0 Å². The van der Waals surface area contributed by atoms with Gasteiger partial charge < -0.3 is 5.11 Å². The summed E-state index contributed by atoms with van der Waals surface area (Å²) < 4.78 is 1.14. The molecule has 1 N–H and O–H groups in total. The Bertz CT molecular complexity index is 616. The first-order valence-corrected chi connectivity index (χ1v) is 6.82. The summed E-state index contributed by atoms with van der Waals surface area (Å²) in [7, 11) is 0. The molecule has 0 saturated heterocycles. The number of carbonyl (C=O) groups is 1. The van der Waals surface area contributed by atoms with E-state index in [-0.39, 0.29) is 11.4 Å². The zero-order valence-electron chi connectivity index (χ0n) is 10.8. The molecule has 1 unspecified atom stereocenters. The van der Waals surface area contributed by atoms with E-state index in [1.807, 2.05) is 6.92 Å². The van der Waals surface area contributed by atoms with Gasteiger partial charge in [0.15, 0.2) is 5.60 Å². The Balaban J connectivity index is 2.51. The first kappa shape index (κ1) is 15.0. The van der Waals surface area contributed by atoms with Gasteiger partial charge in [0.25, 0.3) is 5.91 Å². The molecule has 0 saturated carbocycles. The number of hydrogen-bond acceptors (Lipinski definition) is 4. The molecule has 0 bridgehead atoms. The highest BCUT2D eigenvalue weighted by Gasteiger charge is 2.39. The van der Waals surface area contributed by atoms with Crippen LogP contribution < -0.4 is 0 Å². The van der Waals surface area contributed by atoms with Crippen molar-refractivity contribution in [2.75, 3.05) is 0 Å². The third-order valence-electron chi connectivity index (χ3n) is 3.00. The van der Waals surface area contributed by atoms with Gasteiger partial charge >= 0.3 is 0 Å². The number of aromatic nitrogens is 3. The summed E-state index contributed by atoms with van der Waals surface area (Å²) in [6.45, 7) is 1.87. The molecular weight excluding hydrogens is 301 g/mol. The van der Waals surface area contributed by atoms with Gasteiger partial charge in [0, 0.05) is 15.6 Å². The number of benzene rings is 1. The smallest absolute Gasteiger partial charge is 0.269 e. The predicted molar refractivity (Wildman–Crippen MR) is 75.9 cm³/mol. The Hall–Kier alpha value is -1.43. The fraction of sp³-hybridized carbons (Fsp3) is 0.308. The highest BCUT2D eigenvalue weighted by molar-refractivity contribution is 6.35. The first-order valence-electron chi connectivity index (χ1n) is 6.06. The molecule has 1 aromatic heterocycles. The molecule has 20 heavy (non-hydrogen) atoms. The number of halogens is 2. The zero-order valence-corrected chi connectivity index (χ0v) is 12.3. The Kier molecular flexibility index (Phi) is 4.42. The fourth-order valence-electron chi connectivity index (χ4n) is 2.06. The minimum absolute atomic E-state index is 0.228. The topological polar surface area (TPSA) is 68.0 Å². The van der Waals surface area contributed by atoms with Crippen molar-refractivity contribution in [1.29, 1.82) is 0 Å². The summed E-state index contributed by atoms with van der Waals surface area (Å²) in [5.74, 6) is -0.548. The van der Waals surface area contributed by atoms with Crippen molar-refractivity contribution < 1.29 is 9.90 Å². The highest BCUT2D eigenvalue weighted by Crippen LogP contribution is 2.35. The molecule has 1 heterocycles. The van der Waals surface area contributed by atoms with Gasteiger partial charge in [0.05, 0.1) is 0 Å². The Labute approximate surface area is 126 Å². The van der Waals surface area contributed by atoms with Crippen LogP contribution in [0.3, 0.4) is 0 Å². The minimum atomic E-state index is -1.74. The normalized spacial score (nSPS) is 14.0. The second-order valence-corrected chi connectivity index (χ2v) is 5.25. The van der Waals surface area contributed by atoms with Crippen molar-refractivity contribution in [2.45, 2.75) is 25.4 Å². The zero-order chi connectivity index (χ0) is 14.8. The molecular formula is C13H13Cl2N3O2. The SMILES string of the molecule is CCCC(O)(C(=O)n1cnnc1)c1ccc(Cl)cc1Cl. The van der Waals surface area contributed by atoms with Crippen LogP contribution in [-0.2, 0) is 5.60 Å². The van der Waals surface area contributed by atoms with Crippen molar-refractivity contribution >= 4 is 29.1 Å². The maximum Gasteiger partial charge on any atom is 0.269 e. The average Bonchev–Trinajstić information content (AvgIpc) is 2.91. The number of carbonyl (C=O) groups excluding carboxylic acids is 1. The molecule has 106 valence electrons. The van der Waals surface area contributed by atoms with E-state index >= 15 is 0 Å². The van der Waals surface area contributed by atoms with Crippen LogP contribution in [0.25, 0.3) is 0 Å². The van der Waals surface area contributed by atoms with Crippen LogP contribution >= 0.6 is 23.2 Å². The molecule has 5 nitrogen and oxygen atoms in total. The van der Waals surface area contributed by atoms with Crippen LogP contribution in [-0.4, -0.2) is 25.8 Å². The number of aliphatic hydroxyl groups is 1. The lowest BCUT2D eigenvalue weighted by molar-refractivity contribution is 0.0155. The van der Waals surface area contributed by atoms with Crippen molar-refractivity contribution in [3.05, 3.63) is 46.5 Å². The summed E-state index contributed by atoms with van der Waals surface area (Å²) in [4.78, 5) is 12.5. The van der Waals surface area contributed by atoms with Crippen molar-refractivity contribution in [1.82, 2.24) is 14.8 Å². The van der Waals surface area contributed by atoms with E-state index in [0.29, 0.717) is 17.0 Å². The second kappa shape index (κ2) is 5.91. The van der Waals surface area contributed by atoms with Gasteiger partial charge in [-0.25, -0.2) is 0 Å². The van der Waals surface area contributed by atoms with E-state index in [0.717, 1.165) is 4.57 Å². The minimum Gasteiger partial charge on any atom is -0.375 e. The van der Waals surface area contributed by atoms with E-state index in [2.05, 4.69) is 10.2 Å². The van der Waals surface area contributed by atoms with E-state index in [1.165, 1.54) is 18.7 Å². The summed E-state index contributed by atoms with van der Waals surface area (Å²) in [5, 5.41) is 18.7. The monoisotopic (exact) mass is 313 g/mol. The van der Waals surface area contributed by atoms with Crippen molar-refractivity contribution in [2.24, 2.45) is 0 Å². The number of rotatable bonds is 4. The highest BCUT2D eigenvalue weighted by atomic mass is 35.5. The third kappa shape index (κ3) is 2.70. The molecule has 0 amide bonds. The van der Waals surface area contributed by atoms with Gasteiger partial charge in [-0.1, -0.05) is 42.6 Å². The Morgan fingerprint density at radius 3 is 2.55 bits per heavy atom. The molecule has 0 spiro atoms. The molecule has 0 aliphatic rings. The number of nitrogens with zero attached hydrogens (tertiary/aromatic N) is 3. The van der Waals surface area contributed by atoms with Gasteiger partial charge in [0.1, 0.15) is 12.7 Å². The van der Waals surface area contributed by atoms with Crippen LogP contribution in [0.15, 0.2) is 30.9 Å². The standard InChI is InChI=1S/C13H13Cl2N3O2/c1-2-5-13(20,12(19)18-7-16-17-8-18)10-4-3-9(14)6-11(10)15/h3-4,6-8,20H,2,5H2,1H3. The predicted octanol–water partition coefficient (Wildman–Crippen LogP) is 2.91. The number of hydrogen-bond donors (Lipinski definition) is 1. The van der Waals surface area contributed by atoms with E-state index < -0.39 is 11.5 Å². The van der Waals surface area contributed by atoms with Gasteiger partial charge in [-0.3, -0.25) is 9.36 Å². The quantitative estimate of drug-likeness (QED) is 0.942. The lowest BCUT2D eigenvalue weighted by atomic mass is 9.88. The Morgan fingerprint density at radius 2 is 2.00 bits per heavy atom. The van der Waals surface area contributed by atoms with Gasteiger partial charge in [0.2, 0.25) is 0 Å². The van der Waals surface area contributed by atoms with Crippen LogP contribution in [0.2, 0.25) is 10.0 Å². The third-order valence-corrected chi connectivity index (χ3v) is 3.54. The van der Waals surface area contributed by atoms with Gasteiger partial charge in [-0.2, -0.15) is 0 Å². The second-order valence-electron chi connectivity index (χ2n) is 4.41. The van der Waals surface area contributed by atoms with Gasteiger partial charge in [-0.05, 0) is 18.6 Å². The lowest BCUT2D eigenvalue weighted by Gasteiger charge is -2.27. The van der Waals surface area contributed by atoms with Crippen molar-refractivity contribution in [3.8, 4) is 0 Å². The summed E-state index contributed by atoms with van der Waals surface area (Å²) in [6.07, 6.45) is 3.31. The van der Waals surface area contributed by atoms with Crippen LogP contribution in [0.1, 0.15) is 30.1 Å². The fourth-order valence-corrected chi connectivity index (χ4v) is 2.63. The first-order chi connectivity index (χ1) is 9.49. The maximum atomic E-state index is 12.5. The molecule has 0 aliphatic heterocycles. The molecule has 2 aromatic rings. The largest absolute Gasteiger partial charge is 0.375 e. The summed E-state index contributed by atoms with van der Waals surface area (Å²) in [5.41, 5.74) is -1.41.